The molecule has 1 heterocycles. The number of esters is 2. The lowest BCUT2D eigenvalue weighted by Gasteiger charge is -2.28. The Morgan fingerprint density at radius 1 is 1.09 bits per heavy atom. The molecule has 0 saturated carbocycles. The first-order valence-corrected chi connectivity index (χ1v) is 11.9. The minimum atomic E-state index is -0.408. The highest BCUT2D eigenvalue weighted by Gasteiger charge is 2.35. The van der Waals surface area contributed by atoms with E-state index in [1.54, 1.807) is 24.3 Å². The Hall–Kier alpha value is -2.41. The number of nitrogens with one attached hydrogen (secondary N) is 1. The van der Waals surface area contributed by atoms with Crippen LogP contribution in [0.1, 0.15) is 68.6 Å². The van der Waals surface area contributed by atoms with E-state index in [9.17, 15) is 14.4 Å². The van der Waals surface area contributed by atoms with Crippen LogP contribution >= 0.6 is 0 Å². The zero-order valence-electron chi connectivity index (χ0n) is 19.5. The molecule has 1 aliphatic rings. The summed E-state index contributed by atoms with van der Waals surface area (Å²) < 4.78 is 10.7. The number of rotatable bonds is 14. The monoisotopic (exact) mass is 446 g/mol. The third kappa shape index (κ3) is 8.99. The smallest absolute Gasteiger partial charge is 0.338 e. The molecule has 1 unspecified atom stereocenters. The van der Waals surface area contributed by atoms with E-state index in [0.717, 1.165) is 51.5 Å². The standard InChI is InChI=1S/C25H38N2O5/c1-3-4-18-31-23(28)15-9-6-10-16-26-24(29)21(22-14-11-17-27(22)2)19-32-25(30)20-12-7-5-8-13-20/h5,7-8,12-13,21-22H,3-4,6,9-11,14-19H2,1-2H3,(H,26,29)/t21-,22?/m0/s1. The highest BCUT2D eigenvalue weighted by Crippen LogP contribution is 2.23. The predicted octanol–water partition coefficient (Wildman–Crippen LogP) is 3.57. The van der Waals surface area contributed by atoms with Crippen LogP contribution in [-0.4, -0.2) is 62.1 Å². The fourth-order valence-electron chi connectivity index (χ4n) is 3.95. The quantitative estimate of drug-likeness (QED) is 0.347. The van der Waals surface area contributed by atoms with Gasteiger partial charge in [0.25, 0.3) is 0 Å². The molecule has 2 atom stereocenters. The Kier molecular flexibility index (Phi) is 11.8. The molecule has 1 fully saturated rings. The minimum absolute atomic E-state index is 0.0662. The lowest BCUT2D eigenvalue weighted by atomic mass is 9.97. The number of amides is 1. The van der Waals surface area contributed by atoms with Crippen molar-refractivity contribution in [3.05, 3.63) is 35.9 Å². The van der Waals surface area contributed by atoms with Crippen LogP contribution in [0.5, 0.6) is 0 Å². The normalized spacial score (nSPS) is 17.0. The number of hydrogen-bond acceptors (Lipinski definition) is 6. The van der Waals surface area contributed by atoms with Gasteiger partial charge in [0, 0.05) is 19.0 Å². The summed E-state index contributed by atoms with van der Waals surface area (Å²) in [6.07, 6.45) is 6.67. The van der Waals surface area contributed by atoms with Gasteiger partial charge < -0.3 is 19.7 Å². The Bertz CT molecular complexity index is 710. The molecular formula is C25H38N2O5. The van der Waals surface area contributed by atoms with Crippen molar-refractivity contribution in [2.75, 3.05) is 33.4 Å². The minimum Gasteiger partial charge on any atom is -0.466 e. The number of ether oxygens (including phenoxy) is 2. The third-order valence-corrected chi connectivity index (χ3v) is 5.90. The molecule has 0 spiro atoms. The Balaban J connectivity index is 1.74. The fourth-order valence-corrected chi connectivity index (χ4v) is 3.95. The van der Waals surface area contributed by atoms with Crippen molar-refractivity contribution in [3.8, 4) is 0 Å². The highest BCUT2D eigenvalue weighted by atomic mass is 16.5. The molecule has 1 aromatic carbocycles. The van der Waals surface area contributed by atoms with E-state index in [4.69, 9.17) is 9.47 Å². The van der Waals surface area contributed by atoms with Gasteiger partial charge in [-0.3, -0.25) is 9.59 Å². The summed E-state index contributed by atoms with van der Waals surface area (Å²) in [6, 6.07) is 8.90. The molecule has 7 nitrogen and oxygen atoms in total. The first-order chi connectivity index (χ1) is 15.5. The van der Waals surface area contributed by atoms with Gasteiger partial charge in [-0.05, 0) is 57.8 Å². The third-order valence-electron chi connectivity index (χ3n) is 5.90. The van der Waals surface area contributed by atoms with Crippen LogP contribution in [0, 0.1) is 5.92 Å². The first kappa shape index (κ1) is 25.8. The number of nitrogens with zero attached hydrogens (tertiary/aromatic N) is 1. The van der Waals surface area contributed by atoms with Crippen molar-refractivity contribution in [1.29, 1.82) is 0 Å². The summed E-state index contributed by atoms with van der Waals surface area (Å²) in [5.41, 5.74) is 0.486. The highest BCUT2D eigenvalue weighted by molar-refractivity contribution is 5.89. The van der Waals surface area contributed by atoms with Gasteiger partial charge in [-0.2, -0.15) is 0 Å². The second-order valence-electron chi connectivity index (χ2n) is 8.44. The largest absolute Gasteiger partial charge is 0.466 e. The van der Waals surface area contributed by atoms with Crippen LogP contribution in [0.2, 0.25) is 0 Å². The Morgan fingerprint density at radius 3 is 2.56 bits per heavy atom. The van der Waals surface area contributed by atoms with E-state index in [0.29, 0.717) is 25.1 Å². The molecule has 1 N–H and O–H groups in total. The summed E-state index contributed by atoms with van der Waals surface area (Å²) in [5, 5.41) is 3.00. The van der Waals surface area contributed by atoms with Crippen molar-refractivity contribution in [2.24, 2.45) is 5.92 Å². The van der Waals surface area contributed by atoms with Crippen LogP contribution < -0.4 is 5.32 Å². The molecule has 1 aromatic rings. The van der Waals surface area contributed by atoms with E-state index < -0.39 is 11.9 Å². The lowest BCUT2D eigenvalue weighted by Crippen LogP contribution is -2.45. The zero-order valence-corrected chi connectivity index (χ0v) is 19.5. The van der Waals surface area contributed by atoms with Crippen molar-refractivity contribution in [3.63, 3.8) is 0 Å². The molecule has 32 heavy (non-hydrogen) atoms. The molecule has 1 amide bonds. The molecule has 0 radical (unpaired) electrons. The van der Waals surface area contributed by atoms with Crippen molar-refractivity contribution < 1.29 is 23.9 Å². The van der Waals surface area contributed by atoms with Gasteiger partial charge in [-0.1, -0.05) is 38.0 Å². The summed E-state index contributed by atoms with van der Waals surface area (Å²) >= 11 is 0. The molecule has 7 heteroatoms. The lowest BCUT2D eigenvalue weighted by molar-refractivity contribution is -0.144. The van der Waals surface area contributed by atoms with Gasteiger partial charge in [0.2, 0.25) is 5.91 Å². The van der Waals surface area contributed by atoms with Crippen LogP contribution in [0.25, 0.3) is 0 Å². The number of carbonyl (C=O) groups is 3. The molecular weight excluding hydrogens is 408 g/mol. The molecule has 2 rings (SSSR count). The number of likely N-dealkylation sites (tertiary alicyclic amines) is 1. The average molecular weight is 447 g/mol. The van der Waals surface area contributed by atoms with Crippen LogP contribution in [-0.2, 0) is 19.1 Å². The number of benzene rings is 1. The molecule has 178 valence electrons. The van der Waals surface area contributed by atoms with Crippen LogP contribution in [0.4, 0.5) is 0 Å². The molecule has 1 aliphatic heterocycles. The van der Waals surface area contributed by atoms with Crippen LogP contribution in [0.15, 0.2) is 30.3 Å². The van der Waals surface area contributed by atoms with Gasteiger partial charge >= 0.3 is 11.9 Å². The second kappa shape index (κ2) is 14.6. The van der Waals surface area contributed by atoms with E-state index in [2.05, 4.69) is 17.1 Å². The van der Waals surface area contributed by atoms with E-state index >= 15 is 0 Å². The van der Waals surface area contributed by atoms with E-state index in [1.807, 2.05) is 13.1 Å². The maximum Gasteiger partial charge on any atom is 0.338 e. The maximum atomic E-state index is 12.9. The Morgan fingerprint density at radius 2 is 1.88 bits per heavy atom. The van der Waals surface area contributed by atoms with E-state index in [1.165, 1.54) is 0 Å². The van der Waals surface area contributed by atoms with Gasteiger partial charge in [0.1, 0.15) is 6.61 Å². The SMILES string of the molecule is CCCCOC(=O)CCCCCNC(=O)[C@@H](COC(=O)c1ccccc1)C1CCCN1C. The van der Waals surface area contributed by atoms with Crippen LogP contribution in [0.3, 0.4) is 0 Å². The van der Waals surface area contributed by atoms with Gasteiger partial charge in [-0.15, -0.1) is 0 Å². The molecule has 1 saturated heterocycles. The van der Waals surface area contributed by atoms with E-state index in [-0.39, 0.29) is 24.5 Å². The van der Waals surface area contributed by atoms with Gasteiger partial charge in [0.15, 0.2) is 0 Å². The van der Waals surface area contributed by atoms with Crippen molar-refractivity contribution in [2.45, 2.75) is 64.3 Å². The van der Waals surface area contributed by atoms with Gasteiger partial charge in [0.05, 0.1) is 18.1 Å². The summed E-state index contributed by atoms with van der Waals surface area (Å²) in [4.78, 5) is 39.0. The topological polar surface area (TPSA) is 84.9 Å². The number of carbonyl (C=O) groups excluding carboxylic acids is 3. The number of unbranched alkanes of at least 4 members (excludes halogenated alkanes) is 3. The first-order valence-electron chi connectivity index (χ1n) is 11.9. The second-order valence-corrected chi connectivity index (χ2v) is 8.44. The summed E-state index contributed by atoms with van der Waals surface area (Å²) in [6.45, 7) is 4.11. The fraction of sp³-hybridized carbons (Fsp3) is 0.640. The van der Waals surface area contributed by atoms with Crippen molar-refractivity contribution >= 4 is 17.8 Å². The molecule has 0 aliphatic carbocycles. The average Bonchev–Trinajstić information content (AvgIpc) is 3.22. The summed E-state index contributed by atoms with van der Waals surface area (Å²) in [5.74, 6) is -1.03. The Labute approximate surface area is 191 Å². The summed E-state index contributed by atoms with van der Waals surface area (Å²) in [7, 11) is 2.01. The van der Waals surface area contributed by atoms with Crippen molar-refractivity contribution in [1.82, 2.24) is 10.2 Å². The predicted molar refractivity (Wildman–Crippen MR) is 123 cm³/mol. The zero-order chi connectivity index (χ0) is 23.2. The molecule has 0 aromatic heterocycles. The number of hydrogen-bond donors (Lipinski definition) is 1. The molecule has 0 bridgehead atoms. The maximum absolute atomic E-state index is 12.9. The van der Waals surface area contributed by atoms with Gasteiger partial charge in [-0.25, -0.2) is 4.79 Å².